The topological polar surface area (TPSA) is 45.8 Å². The Morgan fingerprint density at radius 2 is 1.95 bits per heavy atom. The Morgan fingerprint density at radius 1 is 1.18 bits per heavy atom. The number of hydrogen-bond donors (Lipinski definition) is 1. The van der Waals surface area contributed by atoms with E-state index < -0.39 is 0 Å². The maximum atomic E-state index is 12.2. The van der Waals surface area contributed by atoms with Gasteiger partial charge in [0.15, 0.2) is 0 Å². The molecule has 2 heterocycles. The Kier molecular flexibility index (Phi) is 4.10. The van der Waals surface area contributed by atoms with Crippen LogP contribution in [-0.4, -0.2) is 9.97 Å². The van der Waals surface area contributed by atoms with Gasteiger partial charge in [0.05, 0.1) is 11.1 Å². The summed E-state index contributed by atoms with van der Waals surface area (Å²) in [5.41, 5.74) is 3.60. The Hall–Kier alpha value is -1.59. The highest BCUT2D eigenvalue weighted by molar-refractivity contribution is 7.98. The van der Waals surface area contributed by atoms with Gasteiger partial charge in [0.1, 0.15) is 10.7 Å². The molecule has 0 fully saturated rings. The zero-order valence-electron chi connectivity index (χ0n) is 13.1. The van der Waals surface area contributed by atoms with Gasteiger partial charge in [0.2, 0.25) is 0 Å². The van der Waals surface area contributed by atoms with Crippen LogP contribution < -0.4 is 5.56 Å². The number of thioether (sulfide) groups is 1. The van der Waals surface area contributed by atoms with Gasteiger partial charge in [-0.3, -0.25) is 4.79 Å². The van der Waals surface area contributed by atoms with Gasteiger partial charge in [-0.15, -0.1) is 23.1 Å². The van der Waals surface area contributed by atoms with Crippen LogP contribution >= 0.6 is 23.1 Å². The summed E-state index contributed by atoms with van der Waals surface area (Å²) >= 11 is 3.29. The Bertz CT molecular complexity index is 909. The minimum absolute atomic E-state index is 0.0254. The minimum Gasteiger partial charge on any atom is -0.309 e. The molecule has 0 unspecified atom stereocenters. The van der Waals surface area contributed by atoms with Crippen LogP contribution in [0.25, 0.3) is 10.2 Å². The number of thiophene rings is 1. The van der Waals surface area contributed by atoms with Gasteiger partial charge in [-0.2, -0.15) is 0 Å². The maximum absolute atomic E-state index is 12.2. The second kappa shape index (κ2) is 5.89. The molecule has 0 spiro atoms. The van der Waals surface area contributed by atoms with Crippen LogP contribution in [0.5, 0.6) is 0 Å². The molecule has 0 saturated carbocycles. The van der Waals surface area contributed by atoms with Crippen molar-refractivity contribution in [3.63, 3.8) is 0 Å². The number of H-pyrrole nitrogens is 1. The molecule has 0 amide bonds. The predicted molar refractivity (Wildman–Crippen MR) is 95.2 cm³/mol. The second-order valence-electron chi connectivity index (χ2n) is 5.51. The van der Waals surface area contributed by atoms with E-state index in [9.17, 15) is 4.79 Å². The van der Waals surface area contributed by atoms with E-state index in [1.807, 2.05) is 13.8 Å². The number of aryl methyl sites for hydroxylation is 4. The molecular weight excluding hydrogens is 312 g/mol. The molecule has 3 aromatic rings. The zero-order chi connectivity index (χ0) is 15.9. The quantitative estimate of drug-likeness (QED) is 0.719. The van der Waals surface area contributed by atoms with Gasteiger partial charge < -0.3 is 4.98 Å². The summed E-state index contributed by atoms with van der Waals surface area (Å²) in [6.45, 7) is 8.24. The standard InChI is InChI=1S/C17H18N2OS2/c1-9-5-6-13(7-10(9)2)21-8-14-18-16(20)15-11(3)12(4)22-17(15)19-14/h5-7H,8H2,1-4H3,(H,18,19,20). The largest absolute Gasteiger partial charge is 0.309 e. The van der Waals surface area contributed by atoms with Gasteiger partial charge in [-0.25, -0.2) is 4.98 Å². The Balaban J connectivity index is 1.88. The second-order valence-corrected chi connectivity index (χ2v) is 7.76. The van der Waals surface area contributed by atoms with Crippen molar-refractivity contribution < 1.29 is 0 Å². The fraction of sp³-hybridized carbons (Fsp3) is 0.294. The van der Waals surface area contributed by atoms with E-state index in [-0.39, 0.29) is 5.56 Å². The van der Waals surface area contributed by atoms with E-state index in [4.69, 9.17) is 0 Å². The van der Waals surface area contributed by atoms with Crippen LogP contribution in [0.3, 0.4) is 0 Å². The van der Waals surface area contributed by atoms with Gasteiger partial charge in [0.25, 0.3) is 5.56 Å². The first-order valence-electron chi connectivity index (χ1n) is 7.14. The summed E-state index contributed by atoms with van der Waals surface area (Å²) in [5, 5.41) is 0.738. The summed E-state index contributed by atoms with van der Waals surface area (Å²) in [6, 6.07) is 6.42. The fourth-order valence-corrected chi connectivity index (χ4v) is 4.24. The van der Waals surface area contributed by atoms with Gasteiger partial charge >= 0.3 is 0 Å². The number of rotatable bonds is 3. The lowest BCUT2D eigenvalue weighted by Crippen LogP contribution is -2.10. The number of hydrogen-bond acceptors (Lipinski definition) is 4. The number of aromatic nitrogens is 2. The number of fused-ring (bicyclic) bond motifs is 1. The average Bonchev–Trinajstić information content (AvgIpc) is 2.75. The molecule has 0 saturated heterocycles. The Morgan fingerprint density at radius 3 is 2.68 bits per heavy atom. The van der Waals surface area contributed by atoms with E-state index in [1.165, 1.54) is 16.0 Å². The molecule has 1 N–H and O–H groups in total. The number of nitrogens with one attached hydrogen (secondary N) is 1. The van der Waals surface area contributed by atoms with Crippen LogP contribution in [0.4, 0.5) is 0 Å². The molecule has 0 radical (unpaired) electrons. The Labute approximate surface area is 137 Å². The maximum Gasteiger partial charge on any atom is 0.259 e. The monoisotopic (exact) mass is 330 g/mol. The van der Waals surface area contributed by atoms with Crippen LogP contribution in [-0.2, 0) is 5.75 Å². The van der Waals surface area contributed by atoms with Gasteiger partial charge in [-0.1, -0.05) is 6.07 Å². The molecule has 3 nitrogen and oxygen atoms in total. The van der Waals surface area contributed by atoms with Crippen LogP contribution in [0.1, 0.15) is 27.4 Å². The van der Waals surface area contributed by atoms with E-state index in [0.29, 0.717) is 5.75 Å². The van der Waals surface area contributed by atoms with Crippen molar-refractivity contribution in [3.8, 4) is 0 Å². The molecule has 0 bridgehead atoms. The lowest BCUT2D eigenvalue weighted by Gasteiger charge is -2.05. The summed E-state index contributed by atoms with van der Waals surface area (Å²) in [5.74, 6) is 1.41. The third-order valence-electron chi connectivity index (χ3n) is 3.94. The van der Waals surface area contributed by atoms with Crippen molar-refractivity contribution in [3.05, 3.63) is 55.9 Å². The van der Waals surface area contributed by atoms with Crippen LogP contribution in [0, 0.1) is 27.7 Å². The first kappa shape index (κ1) is 15.3. The lowest BCUT2D eigenvalue weighted by atomic mass is 10.1. The molecule has 0 aliphatic heterocycles. The number of benzene rings is 1. The lowest BCUT2D eigenvalue weighted by molar-refractivity contribution is 1.04. The molecule has 5 heteroatoms. The SMILES string of the molecule is Cc1ccc(SCc2nc3sc(C)c(C)c3c(=O)[nH]2)cc1C. The third-order valence-corrected chi connectivity index (χ3v) is 6.05. The summed E-state index contributed by atoms with van der Waals surface area (Å²) in [6.07, 6.45) is 0. The summed E-state index contributed by atoms with van der Waals surface area (Å²) < 4.78 is 0. The molecule has 0 aliphatic carbocycles. The minimum atomic E-state index is -0.0254. The summed E-state index contributed by atoms with van der Waals surface area (Å²) in [4.78, 5) is 23.0. The first-order chi connectivity index (χ1) is 10.5. The van der Waals surface area contributed by atoms with E-state index in [0.717, 1.165) is 26.5 Å². The highest BCUT2D eigenvalue weighted by Gasteiger charge is 2.11. The molecular formula is C17H18N2OS2. The highest BCUT2D eigenvalue weighted by Crippen LogP contribution is 2.27. The van der Waals surface area contributed by atoms with Gasteiger partial charge in [-0.05, 0) is 56.5 Å². The van der Waals surface area contributed by atoms with E-state index in [1.54, 1.807) is 23.1 Å². The van der Waals surface area contributed by atoms with Crippen molar-refractivity contribution in [2.75, 3.05) is 0 Å². The third kappa shape index (κ3) is 2.83. The molecule has 0 aliphatic rings. The van der Waals surface area contributed by atoms with Crippen LogP contribution in [0.15, 0.2) is 27.9 Å². The van der Waals surface area contributed by atoms with Crippen molar-refractivity contribution in [1.82, 2.24) is 9.97 Å². The molecule has 2 aromatic heterocycles. The number of aromatic amines is 1. The van der Waals surface area contributed by atoms with Crippen molar-refractivity contribution >= 4 is 33.3 Å². The van der Waals surface area contributed by atoms with E-state index in [2.05, 4.69) is 42.0 Å². The van der Waals surface area contributed by atoms with Crippen molar-refractivity contribution in [2.45, 2.75) is 38.3 Å². The van der Waals surface area contributed by atoms with Crippen LogP contribution in [0.2, 0.25) is 0 Å². The molecule has 0 atom stereocenters. The molecule has 22 heavy (non-hydrogen) atoms. The van der Waals surface area contributed by atoms with Crippen molar-refractivity contribution in [1.29, 1.82) is 0 Å². The molecule has 1 aromatic carbocycles. The predicted octanol–water partition coefficient (Wildman–Crippen LogP) is 4.51. The molecule has 3 rings (SSSR count). The van der Waals surface area contributed by atoms with Gasteiger partial charge in [0, 0.05) is 9.77 Å². The smallest absolute Gasteiger partial charge is 0.259 e. The van der Waals surface area contributed by atoms with E-state index >= 15 is 0 Å². The molecule has 114 valence electrons. The summed E-state index contributed by atoms with van der Waals surface area (Å²) in [7, 11) is 0. The average molecular weight is 330 g/mol. The normalized spacial score (nSPS) is 11.3. The first-order valence-corrected chi connectivity index (χ1v) is 8.95. The number of nitrogens with zero attached hydrogens (tertiary/aromatic N) is 1. The van der Waals surface area contributed by atoms with Crippen molar-refractivity contribution in [2.24, 2.45) is 0 Å². The fourth-order valence-electron chi connectivity index (χ4n) is 2.32. The zero-order valence-corrected chi connectivity index (χ0v) is 14.7. The highest BCUT2D eigenvalue weighted by atomic mass is 32.2.